The fourth-order valence-corrected chi connectivity index (χ4v) is 1.30. The fourth-order valence-electron chi connectivity index (χ4n) is 1.30. The highest BCUT2D eigenvalue weighted by Gasteiger charge is 2.29. The Labute approximate surface area is 78.0 Å². The first kappa shape index (κ1) is 11.7. The summed E-state index contributed by atoms with van der Waals surface area (Å²) >= 11 is 0. The van der Waals surface area contributed by atoms with Crippen LogP contribution in [0.4, 0.5) is 0 Å². The predicted molar refractivity (Wildman–Crippen MR) is 48.0 cm³/mol. The Hall–Kier alpha value is -0.320. The molecule has 0 spiro atoms. The number of hydrogen-bond donors (Lipinski definition) is 2. The molecule has 1 fully saturated rings. The quantitative estimate of drug-likeness (QED) is 0.639. The van der Waals surface area contributed by atoms with Crippen LogP contribution in [0.1, 0.15) is 19.3 Å². The minimum Gasteiger partial charge on any atom is -0.381 e. The van der Waals surface area contributed by atoms with Gasteiger partial charge in [0.25, 0.3) is 0 Å². The van der Waals surface area contributed by atoms with Gasteiger partial charge in [0.2, 0.25) is 5.91 Å². The SMILES string of the molecule is Cl.NC(=O)CC1(N)CCOCC1. The minimum absolute atomic E-state index is 0. The molecule has 4 N–H and O–H groups in total. The fraction of sp³-hybridized carbons (Fsp3) is 0.857. The summed E-state index contributed by atoms with van der Waals surface area (Å²) in [6.07, 6.45) is 1.74. The van der Waals surface area contributed by atoms with Crippen LogP contribution in [0, 0.1) is 0 Å². The van der Waals surface area contributed by atoms with Crippen LogP contribution in [0.3, 0.4) is 0 Å². The maximum absolute atomic E-state index is 10.6. The molecule has 0 atom stereocenters. The predicted octanol–water partition coefficient (Wildman–Crippen LogP) is -0.209. The Morgan fingerprint density at radius 3 is 2.33 bits per heavy atom. The van der Waals surface area contributed by atoms with E-state index in [1.165, 1.54) is 0 Å². The number of nitrogens with two attached hydrogens (primary N) is 2. The van der Waals surface area contributed by atoms with Gasteiger partial charge in [0.1, 0.15) is 0 Å². The summed E-state index contributed by atoms with van der Waals surface area (Å²) in [5.41, 5.74) is 10.5. The van der Waals surface area contributed by atoms with Crippen molar-refractivity contribution in [1.29, 1.82) is 0 Å². The highest BCUT2D eigenvalue weighted by Crippen LogP contribution is 2.20. The molecular weight excluding hydrogens is 180 g/mol. The molecule has 72 valence electrons. The molecule has 5 heteroatoms. The largest absolute Gasteiger partial charge is 0.381 e. The van der Waals surface area contributed by atoms with E-state index in [1.807, 2.05) is 0 Å². The van der Waals surface area contributed by atoms with E-state index in [0.29, 0.717) is 13.2 Å². The Kier molecular flexibility index (Phi) is 4.52. The number of rotatable bonds is 2. The lowest BCUT2D eigenvalue weighted by Crippen LogP contribution is -2.47. The van der Waals surface area contributed by atoms with E-state index in [-0.39, 0.29) is 24.7 Å². The van der Waals surface area contributed by atoms with Gasteiger partial charge in [0.05, 0.1) is 0 Å². The van der Waals surface area contributed by atoms with E-state index in [1.54, 1.807) is 0 Å². The molecule has 0 aromatic heterocycles. The van der Waals surface area contributed by atoms with Crippen molar-refractivity contribution < 1.29 is 9.53 Å². The molecule has 0 unspecified atom stereocenters. The summed E-state index contributed by atoms with van der Waals surface area (Å²) in [5, 5.41) is 0. The molecule has 1 rings (SSSR count). The smallest absolute Gasteiger partial charge is 0.219 e. The highest BCUT2D eigenvalue weighted by molar-refractivity contribution is 5.85. The first-order valence-electron chi connectivity index (χ1n) is 3.77. The molecular formula is C7H15ClN2O2. The molecule has 4 nitrogen and oxygen atoms in total. The van der Waals surface area contributed by atoms with Crippen molar-refractivity contribution in [2.75, 3.05) is 13.2 Å². The maximum Gasteiger partial charge on any atom is 0.219 e. The summed E-state index contributed by atoms with van der Waals surface area (Å²) in [5.74, 6) is -0.325. The van der Waals surface area contributed by atoms with Crippen molar-refractivity contribution in [3.05, 3.63) is 0 Å². The third kappa shape index (κ3) is 3.38. The summed E-state index contributed by atoms with van der Waals surface area (Å²) in [4.78, 5) is 10.6. The van der Waals surface area contributed by atoms with E-state index in [9.17, 15) is 4.79 Å². The van der Waals surface area contributed by atoms with Gasteiger partial charge in [-0.1, -0.05) is 0 Å². The second-order valence-electron chi connectivity index (χ2n) is 3.12. The zero-order valence-corrected chi connectivity index (χ0v) is 7.73. The normalized spacial score (nSPS) is 21.1. The lowest BCUT2D eigenvalue weighted by molar-refractivity contribution is -0.119. The lowest BCUT2D eigenvalue weighted by Gasteiger charge is -2.31. The van der Waals surface area contributed by atoms with Gasteiger partial charge < -0.3 is 16.2 Å². The standard InChI is InChI=1S/C7H14N2O2.ClH/c8-6(10)5-7(9)1-3-11-4-2-7;/h1-5,9H2,(H2,8,10);1H. The number of hydrogen-bond acceptors (Lipinski definition) is 3. The molecule has 0 bridgehead atoms. The molecule has 1 aliphatic rings. The average Bonchev–Trinajstić information content (AvgIpc) is 1.85. The summed E-state index contributed by atoms with van der Waals surface area (Å²) < 4.78 is 5.11. The zero-order valence-electron chi connectivity index (χ0n) is 6.91. The van der Waals surface area contributed by atoms with Crippen LogP contribution in [-0.2, 0) is 9.53 Å². The first-order chi connectivity index (χ1) is 5.12. The maximum atomic E-state index is 10.6. The molecule has 0 aromatic carbocycles. The molecule has 1 saturated heterocycles. The monoisotopic (exact) mass is 194 g/mol. The highest BCUT2D eigenvalue weighted by atomic mass is 35.5. The summed E-state index contributed by atoms with van der Waals surface area (Å²) in [6.45, 7) is 1.29. The average molecular weight is 195 g/mol. The van der Waals surface area contributed by atoms with E-state index < -0.39 is 5.54 Å². The van der Waals surface area contributed by atoms with Crippen molar-refractivity contribution in [2.24, 2.45) is 11.5 Å². The van der Waals surface area contributed by atoms with Crippen LogP contribution in [-0.4, -0.2) is 24.7 Å². The van der Waals surface area contributed by atoms with E-state index in [2.05, 4.69) is 0 Å². The van der Waals surface area contributed by atoms with Gasteiger partial charge >= 0.3 is 0 Å². The molecule has 0 saturated carbocycles. The molecule has 1 aliphatic heterocycles. The number of halogens is 1. The van der Waals surface area contributed by atoms with Crippen molar-refractivity contribution in [2.45, 2.75) is 24.8 Å². The third-order valence-corrected chi connectivity index (χ3v) is 2.01. The van der Waals surface area contributed by atoms with Crippen molar-refractivity contribution >= 4 is 18.3 Å². The van der Waals surface area contributed by atoms with Crippen molar-refractivity contribution in [1.82, 2.24) is 0 Å². The van der Waals surface area contributed by atoms with Crippen LogP contribution >= 0.6 is 12.4 Å². The molecule has 1 heterocycles. The van der Waals surface area contributed by atoms with Crippen LogP contribution in [0.2, 0.25) is 0 Å². The number of amides is 1. The van der Waals surface area contributed by atoms with Gasteiger partial charge in [-0.2, -0.15) is 0 Å². The van der Waals surface area contributed by atoms with E-state index in [4.69, 9.17) is 16.2 Å². The molecule has 0 aliphatic carbocycles. The van der Waals surface area contributed by atoms with E-state index in [0.717, 1.165) is 12.8 Å². The second kappa shape index (κ2) is 4.64. The van der Waals surface area contributed by atoms with Crippen LogP contribution in [0.15, 0.2) is 0 Å². The van der Waals surface area contributed by atoms with Gasteiger partial charge in [-0.05, 0) is 12.8 Å². The van der Waals surface area contributed by atoms with Gasteiger partial charge in [-0.15, -0.1) is 12.4 Å². The van der Waals surface area contributed by atoms with Crippen LogP contribution < -0.4 is 11.5 Å². The molecule has 0 radical (unpaired) electrons. The van der Waals surface area contributed by atoms with Gasteiger partial charge in [0.15, 0.2) is 0 Å². The molecule has 1 amide bonds. The Bertz CT molecular complexity index is 157. The molecule has 0 aromatic rings. The Morgan fingerprint density at radius 1 is 1.42 bits per heavy atom. The summed E-state index contributed by atoms with van der Waals surface area (Å²) in [6, 6.07) is 0. The Balaban J connectivity index is 0.00000121. The lowest BCUT2D eigenvalue weighted by atomic mass is 9.88. The van der Waals surface area contributed by atoms with Crippen LogP contribution in [0.5, 0.6) is 0 Å². The zero-order chi connectivity index (χ0) is 8.32. The second-order valence-corrected chi connectivity index (χ2v) is 3.12. The number of primary amides is 1. The van der Waals surface area contributed by atoms with E-state index >= 15 is 0 Å². The minimum atomic E-state index is -0.399. The van der Waals surface area contributed by atoms with Crippen molar-refractivity contribution in [3.8, 4) is 0 Å². The van der Waals surface area contributed by atoms with Gasteiger partial charge in [0, 0.05) is 25.2 Å². The van der Waals surface area contributed by atoms with Crippen molar-refractivity contribution in [3.63, 3.8) is 0 Å². The number of ether oxygens (including phenoxy) is 1. The summed E-state index contributed by atoms with van der Waals surface area (Å²) in [7, 11) is 0. The number of carbonyl (C=O) groups is 1. The Morgan fingerprint density at radius 2 is 1.92 bits per heavy atom. The van der Waals surface area contributed by atoms with Crippen LogP contribution in [0.25, 0.3) is 0 Å². The first-order valence-corrected chi connectivity index (χ1v) is 3.77. The third-order valence-electron chi connectivity index (χ3n) is 2.01. The topological polar surface area (TPSA) is 78.3 Å². The number of carbonyl (C=O) groups excluding carboxylic acids is 1. The van der Waals surface area contributed by atoms with Gasteiger partial charge in [-0.25, -0.2) is 0 Å². The van der Waals surface area contributed by atoms with Gasteiger partial charge in [-0.3, -0.25) is 4.79 Å². The molecule has 12 heavy (non-hydrogen) atoms.